The molecule has 2 heterocycles. The largest absolute Gasteiger partial charge is 0.435 e. The molecule has 1 aliphatic rings. The molecule has 0 unspecified atom stereocenters. The van der Waals surface area contributed by atoms with E-state index in [2.05, 4.69) is 14.7 Å². The molecule has 3 rings (SSSR count). The topological polar surface area (TPSA) is 60.8 Å². The second-order valence-electron chi connectivity index (χ2n) is 4.53. The Hall–Kier alpha value is -2.61. The first kappa shape index (κ1) is 15.3. The maximum Gasteiger partial charge on any atom is 0.387 e. The van der Waals surface area contributed by atoms with Crippen LogP contribution in [0.3, 0.4) is 0 Å². The van der Waals surface area contributed by atoms with E-state index in [1.165, 1.54) is 41.7 Å². The van der Waals surface area contributed by atoms with Crippen LogP contribution in [0.4, 0.5) is 8.78 Å². The van der Waals surface area contributed by atoms with E-state index < -0.39 is 12.6 Å². The van der Waals surface area contributed by atoms with Crippen molar-refractivity contribution in [3.8, 4) is 5.75 Å². The first-order chi connectivity index (χ1) is 11.0. The predicted molar refractivity (Wildman–Crippen MR) is 80.5 cm³/mol. The van der Waals surface area contributed by atoms with Gasteiger partial charge < -0.3 is 9.47 Å². The molecule has 0 N–H and O–H groups in total. The fourth-order valence-corrected chi connectivity index (χ4v) is 2.47. The molecule has 0 spiro atoms. The van der Waals surface area contributed by atoms with Gasteiger partial charge in [-0.25, -0.2) is 14.8 Å². The van der Waals surface area contributed by atoms with Crippen LogP contribution >= 0.6 is 11.3 Å². The lowest BCUT2D eigenvalue weighted by Crippen LogP contribution is -2.06. The highest BCUT2D eigenvalue weighted by Gasteiger charge is 2.24. The van der Waals surface area contributed by atoms with E-state index >= 15 is 0 Å². The van der Waals surface area contributed by atoms with Crippen LogP contribution in [0.5, 0.6) is 5.75 Å². The summed E-state index contributed by atoms with van der Waals surface area (Å²) in [6.45, 7) is -1.03. The second kappa shape index (κ2) is 6.25. The number of esters is 1. The number of aliphatic imine (C=N–C) groups is 1. The van der Waals surface area contributed by atoms with Crippen molar-refractivity contribution >= 4 is 29.3 Å². The molecule has 1 aromatic carbocycles. The summed E-state index contributed by atoms with van der Waals surface area (Å²) in [5.41, 5.74) is 1.25. The van der Waals surface area contributed by atoms with Gasteiger partial charge in [-0.1, -0.05) is 0 Å². The second-order valence-corrected chi connectivity index (χ2v) is 5.59. The summed E-state index contributed by atoms with van der Waals surface area (Å²) in [4.78, 5) is 20.2. The number of carbonyl (C=O) groups excluding carboxylic acids is 1. The number of halogens is 2. The van der Waals surface area contributed by atoms with E-state index in [1.54, 1.807) is 5.38 Å². The third-order valence-electron chi connectivity index (χ3n) is 2.87. The number of nitrogens with zero attached hydrogens (tertiary/aromatic N) is 2. The summed E-state index contributed by atoms with van der Waals surface area (Å²) in [6, 6.07) is 5.67. The van der Waals surface area contributed by atoms with E-state index in [4.69, 9.17) is 4.74 Å². The van der Waals surface area contributed by atoms with Crippen molar-refractivity contribution in [3.63, 3.8) is 0 Å². The lowest BCUT2D eigenvalue weighted by molar-refractivity contribution is -0.129. The molecule has 0 saturated carbocycles. The third-order valence-corrected chi connectivity index (χ3v) is 3.66. The van der Waals surface area contributed by atoms with Gasteiger partial charge in [-0.15, -0.1) is 11.3 Å². The first-order valence-electron chi connectivity index (χ1n) is 6.51. The molecule has 0 atom stereocenters. The number of ether oxygens (including phenoxy) is 2. The third kappa shape index (κ3) is 3.59. The highest BCUT2D eigenvalue weighted by Crippen LogP contribution is 2.22. The van der Waals surface area contributed by atoms with Gasteiger partial charge in [0.05, 0.1) is 10.7 Å². The number of benzene rings is 1. The number of alkyl halides is 2. The molecule has 2 aromatic rings. The van der Waals surface area contributed by atoms with Crippen LogP contribution in [0.2, 0.25) is 0 Å². The van der Waals surface area contributed by atoms with Crippen molar-refractivity contribution in [1.29, 1.82) is 0 Å². The van der Waals surface area contributed by atoms with Gasteiger partial charge in [-0.3, -0.25) is 0 Å². The SMILES string of the molecule is Cc1nc(/C=C2/N=C(c3ccc(OC(F)F)cc3)OC2=O)cs1. The highest BCUT2D eigenvalue weighted by atomic mass is 32.1. The van der Waals surface area contributed by atoms with Crippen molar-refractivity contribution in [2.75, 3.05) is 0 Å². The number of hydrogen-bond donors (Lipinski definition) is 0. The zero-order valence-corrected chi connectivity index (χ0v) is 12.6. The molecule has 0 aliphatic carbocycles. The molecule has 1 aliphatic heterocycles. The number of hydrogen-bond acceptors (Lipinski definition) is 6. The number of carbonyl (C=O) groups is 1. The Kier molecular flexibility index (Phi) is 4.16. The van der Waals surface area contributed by atoms with E-state index in [0.717, 1.165) is 5.01 Å². The van der Waals surface area contributed by atoms with Gasteiger partial charge in [0.25, 0.3) is 0 Å². The summed E-state index contributed by atoms with van der Waals surface area (Å²) < 4.78 is 33.6. The van der Waals surface area contributed by atoms with Crippen molar-refractivity contribution in [3.05, 3.63) is 51.6 Å². The van der Waals surface area contributed by atoms with Crippen LogP contribution in [0, 0.1) is 6.92 Å². The molecule has 5 nitrogen and oxygen atoms in total. The molecule has 8 heteroatoms. The smallest absolute Gasteiger partial charge is 0.387 e. The molecule has 0 amide bonds. The highest BCUT2D eigenvalue weighted by molar-refractivity contribution is 7.09. The van der Waals surface area contributed by atoms with E-state index in [-0.39, 0.29) is 17.3 Å². The standard InChI is InChI=1S/C15H10F2N2O3S/c1-8-18-10(7-23-8)6-12-14(20)22-13(19-12)9-2-4-11(5-3-9)21-15(16)17/h2-7,15H,1H3/b12-6+. The minimum atomic E-state index is -2.89. The zero-order valence-electron chi connectivity index (χ0n) is 11.8. The Morgan fingerprint density at radius 1 is 1.30 bits per heavy atom. The van der Waals surface area contributed by atoms with E-state index in [1.807, 2.05) is 6.92 Å². The number of cyclic esters (lactones) is 1. The van der Waals surface area contributed by atoms with Gasteiger partial charge in [0.1, 0.15) is 5.75 Å². The van der Waals surface area contributed by atoms with Crippen LogP contribution in [-0.4, -0.2) is 23.5 Å². The minimum Gasteiger partial charge on any atom is -0.435 e. The molecule has 23 heavy (non-hydrogen) atoms. The summed E-state index contributed by atoms with van der Waals surface area (Å²) in [5.74, 6) is -0.460. The Morgan fingerprint density at radius 2 is 2.04 bits per heavy atom. The van der Waals surface area contributed by atoms with Gasteiger partial charge in [0.2, 0.25) is 5.90 Å². The Balaban J connectivity index is 1.82. The summed E-state index contributed by atoms with van der Waals surface area (Å²) in [7, 11) is 0. The monoisotopic (exact) mass is 336 g/mol. The van der Waals surface area contributed by atoms with Gasteiger partial charge in [-0.2, -0.15) is 8.78 Å². The molecular weight excluding hydrogens is 326 g/mol. The van der Waals surface area contributed by atoms with Crippen LogP contribution in [0.15, 0.2) is 40.3 Å². The Labute approximate surface area is 133 Å². The molecule has 118 valence electrons. The molecular formula is C15H10F2N2O3S. The minimum absolute atomic E-state index is 0.0161. The maximum absolute atomic E-state index is 12.1. The quantitative estimate of drug-likeness (QED) is 0.634. The average Bonchev–Trinajstić information content (AvgIpc) is 3.06. The van der Waals surface area contributed by atoms with Gasteiger partial charge in [0.15, 0.2) is 5.70 Å². The van der Waals surface area contributed by atoms with Crippen LogP contribution in [-0.2, 0) is 9.53 Å². The Bertz CT molecular complexity index is 797. The van der Waals surface area contributed by atoms with Crippen molar-refractivity contribution < 1.29 is 23.0 Å². The van der Waals surface area contributed by atoms with Crippen molar-refractivity contribution in [2.45, 2.75) is 13.5 Å². The molecule has 0 fully saturated rings. The first-order valence-corrected chi connectivity index (χ1v) is 7.39. The number of rotatable bonds is 4. The fraction of sp³-hybridized carbons (Fsp3) is 0.133. The molecule has 0 bridgehead atoms. The Morgan fingerprint density at radius 3 is 2.65 bits per heavy atom. The molecule has 0 radical (unpaired) electrons. The van der Waals surface area contributed by atoms with Crippen molar-refractivity contribution in [1.82, 2.24) is 4.98 Å². The van der Waals surface area contributed by atoms with E-state index in [0.29, 0.717) is 11.3 Å². The molecule has 0 saturated heterocycles. The maximum atomic E-state index is 12.1. The lowest BCUT2D eigenvalue weighted by atomic mass is 10.2. The van der Waals surface area contributed by atoms with Crippen molar-refractivity contribution in [2.24, 2.45) is 4.99 Å². The van der Waals surface area contributed by atoms with E-state index in [9.17, 15) is 13.6 Å². The molecule has 1 aromatic heterocycles. The predicted octanol–water partition coefficient (Wildman–Crippen LogP) is 3.40. The van der Waals surface area contributed by atoms with Gasteiger partial charge in [0, 0.05) is 10.9 Å². The zero-order chi connectivity index (χ0) is 16.4. The number of aromatic nitrogens is 1. The summed E-state index contributed by atoms with van der Waals surface area (Å²) >= 11 is 1.46. The normalized spacial score (nSPS) is 15.9. The average molecular weight is 336 g/mol. The number of thiazole rings is 1. The van der Waals surface area contributed by atoms with Gasteiger partial charge >= 0.3 is 12.6 Å². The van der Waals surface area contributed by atoms with Crippen LogP contribution < -0.4 is 4.74 Å². The van der Waals surface area contributed by atoms with Crippen LogP contribution in [0.1, 0.15) is 16.3 Å². The summed E-state index contributed by atoms with van der Waals surface area (Å²) in [5, 5.41) is 2.68. The van der Waals surface area contributed by atoms with Gasteiger partial charge in [-0.05, 0) is 37.3 Å². The lowest BCUT2D eigenvalue weighted by Gasteiger charge is -2.04. The van der Waals surface area contributed by atoms with Crippen LogP contribution in [0.25, 0.3) is 6.08 Å². The summed E-state index contributed by atoms with van der Waals surface area (Å²) in [6.07, 6.45) is 1.53. The number of aryl methyl sites for hydroxylation is 1. The fourth-order valence-electron chi connectivity index (χ4n) is 1.90.